The van der Waals surface area contributed by atoms with E-state index in [4.69, 9.17) is 4.74 Å². The Labute approximate surface area is 143 Å². The van der Waals surface area contributed by atoms with Crippen molar-refractivity contribution in [3.63, 3.8) is 0 Å². The van der Waals surface area contributed by atoms with Gasteiger partial charge in [0, 0.05) is 12.1 Å². The fraction of sp³-hybridized carbons (Fsp3) is 0.167. The molecule has 24 heavy (non-hydrogen) atoms. The van der Waals surface area contributed by atoms with E-state index < -0.39 is 5.97 Å². The van der Waals surface area contributed by atoms with Gasteiger partial charge in [0.05, 0.1) is 22.8 Å². The van der Waals surface area contributed by atoms with Crippen molar-refractivity contribution in [2.24, 2.45) is 0 Å². The van der Waals surface area contributed by atoms with E-state index in [1.807, 2.05) is 42.5 Å². The molecule has 0 spiro atoms. The van der Waals surface area contributed by atoms with Crippen molar-refractivity contribution >= 4 is 33.4 Å². The highest BCUT2D eigenvalue weighted by molar-refractivity contribution is 7.16. The van der Waals surface area contributed by atoms with Gasteiger partial charge in [-0.1, -0.05) is 30.3 Å². The Bertz CT molecular complexity index is 861. The normalized spacial score (nSPS) is 10.5. The summed E-state index contributed by atoms with van der Waals surface area (Å²) in [5, 5.41) is 0. The monoisotopic (exact) mass is 340 g/mol. The van der Waals surface area contributed by atoms with E-state index in [9.17, 15) is 9.59 Å². The van der Waals surface area contributed by atoms with Crippen LogP contribution in [0, 0.1) is 0 Å². The standard InChI is InChI=1S/C18H16N2O3S/c1-23-17(21)11-20(10-13-5-3-2-4-6-13)18(22)14-7-8-15-16(9-14)24-12-19-15/h2-9,12H,10-11H2,1H3. The Kier molecular flexibility index (Phi) is 4.86. The first-order valence-electron chi connectivity index (χ1n) is 7.40. The average molecular weight is 340 g/mol. The molecule has 2 aromatic carbocycles. The Hall–Kier alpha value is -2.73. The molecule has 0 aliphatic rings. The van der Waals surface area contributed by atoms with E-state index in [1.165, 1.54) is 23.3 Å². The van der Waals surface area contributed by atoms with Crippen molar-refractivity contribution in [1.29, 1.82) is 0 Å². The summed E-state index contributed by atoms with van der Waals surface area (Å²) in [6, 6.07) is 14.9. The minimum Gasteiger partial charge on any atom is -0.468 e. The van der Waals surface area contributed by atoms with E-state index in [0.717, 1.165) is 15.8 Å². The molecular formula is C18H16N2O3S. The van der Waals surface area contributed by atoms with Crippen molar-refractivity contribution in [2.45, 2.75) is 6.54 Å². The lowest BCUT2D eigenvalue weighted by Crippen LogP contribution is -2.35. The van der Waals surface area contributed by atoms with Crippen molar-refractivity contribution in [3.05, 3.63) is 65.2 Å². The molecule has 0 aliphatic carbocycles. The predicted octanol–water partition coefficient (Wildman–Crippen LogP) is 3.11. The van der Waals surface area contributed by atoms with Crippen LogP contribution in [0.25, 0.3) is 10.2 Å². The van der Waals surface area contributed by atoms with Crippen LogP contribution in [0.4, 0.5) is 0 Å². The van der Waals surface area contributed by atoms with Crippen LogP contribution < -0.4 is 0 Å². The molecule has 0 fully saturated rings. The molecule has 0 bridgehead atoms. The lowest BCUT2D eigenvalue weighted by molar-refractivity contribution is -0.141. The Morgan fingerprint density at radius 2 is 1.96 bits per heavy atom. The molecular weight excluding hydrogens is 324 g/mol. The molecule has 0 unspecified atom stereocenters. The number of nitrogens with zero attached hydrogens (tertiary/aromatic N) is 2. The zero-order chi connectivity index (χ0) is 16.9. The first-order valence-corrected chi connectivity index (χ1v) is 8.28. The van der Waals surface area contributed by atoms with Gasteiger partial charge in [-0.3, -0.25) is 9.59 Å². The fourth-order valence-electron chi connectivity index (χ4n) is 2.39. The lowest BCUT2D eigenvalue weighted by atomic mass is 10.1. The summed E-state index contributed by atoms with van der Waals surface area (Å²) in [6.07, 6.45) is 0. The van der Waals surface area contributed by atoms with Crippen LogP contribution in [-0.4, -0.2) is 35.4 Å². The van der Waals surface area contributed by atoms with Gasteiger partial charge < -0.3 is 9.64 Å². The molecule has 3 rings (SSSR count). The van der Waals surface area contributed by atoms with Gasteiger partial charge >= 0.3 is 5.97 Å². The minimum absolute atomic E-state index is 0.0923. The molecule has 5 nitrogen and oxygen atoms in total. The van der Waals surface area contributed by atoms with Crippen LogP contribution in [0.5, 0.6) is 0 Å². The Morgan fingerprint density at radius 3 is 2.71 bits per heavy atom. The molecule has 1 aromatic heterocycles. The number of benzene rings is 2. The number of carbonyl (C=O) groups is 2. The number of esters is 1. The number of ether oxygens (including phenoxy) is 1. The number of methoxy groups -OCH3 is 1. The number of fused-ring (bicyclic) bond motifs is 1. The summed E-state index contributed by atoms with van der Waals surface area (Å²) in [5.74, 6) is -0.655. The smallest absolute Gasteiger partial charge is 0.325 e. The van der Waals surface area contributed by atoms with Gasteiger partial charge in [0.1, 0.15) is 6.54 Å². The molecule has 0 radical (unpaired) electrons. The number of amides is 1. The van der Waals surface area contributed by atoms with E-state index in [-0.39, 0.29) is 12.5 Å². The highest BCUT2D eigenvalue weighted by Gasteiger charge is 2.20. The molecule has 1 heterocycles. The highest BCUT2D eigenvalue weighted by atomic mass is 32.1. The number of aromatic nitrogens is 1. The van der Waals surface area contributed by atoms with Crippen LogP contribution >= 0.6 is 11.3 Å². The van der Waals surface area contributed by atoms with Gasteiger partial charge in [-0.25, -0.2) is 4.98 Å². The van der Waals surface area contributed by atoms with Crippen molar-refractivity contribution in [2.75, 3.05) is 13.7 Å². The first kappa shape index (κ1) is 16.1. The summed E-state index contributed by atoms with van der Waals surface area (Å²) < 4.78 is 5.66. The molecule has 1 amide bonds. The van der Waals surface area contributed by atoms with Gasteiger partial charge in [0.25, 0.3) is 5.91 Å². The maximum atomic E-state index is 12.9. The van der Waals surface area contributed by atoms with E-state index in [0.29, 0.717) is 12.1 Å². The van der Waals surface area contributed by atoms with Crippen LogP contribution in [0.1, 0.15) is 15.9 Å². The summed E-state index contributed by atoms with van der Waals surface area (Å²) in [4.78, 5) is 30.3. The highest BCUT2D eigenvalue weighted by Crippen LogP contribution is 2.20. The van der Waals surface area contributed by atoms with Gasteiger partial charge in [-0.15, -0.1) is 11.3 Å². The second-order valence-electron chi connectivity index (χ2n) is 5.26. The number of rotatable bonds is 5. The molecule has 3 aromatic rings. The quantitative estimate of drug-likeness (QED) is 0.670. The largest absolute Gasteiger partial charge is 0.468 e. The van der Waals surface area contributed by atoms with Crippen molar-refractivity contribution < 1.29 is 14.3 Å². The zero-order valence-electron chi connectivity index (χ0n) is 13.1. The SMILES string of the molecule is COC(=O)CN(Cc1ccccc1)C(=O)c1ccc2ncsc2c1. The molecule has 0 atom stereocenters. The molecule has 122 valence electrons. The van der Waals surface area contributed by atoms with E-state index in [2.05, 4.69) is 4.98 Å². The van der Waals surface area contributed by atoms with E-state index in [1.54, 1.807) is 11.6 Å². The summed E-state index contributed by atoms with van der Waals surface area (Å²) >= 11 is 1.48. The number of hydrogen-bond donors (Lipinski definition) is 0. The van der Waals surface area contributed by atoms with Gasteiger partial charge in [0.2, 0.25) is 0 Å². The molecule has 0 aliphatic heterocycles. The Morgan fingerprint density at radius 1 is 1.17 bits per heavy atom. The van der Waals surface area contributed by atoms with Gasteiger partial charge in [0.15, 0.2) is 0 Å². The third-order valence-corrected chi connectivity index (χ3v) is 4.42. The van der Waals surface area contributed by atoms with Crippen LogP contribution in [-0.2, 0) is 16.1 Å². The zero-order valence-corrected chi connectivity index (χ0v) is 14.0. The second kappa shape index (κ2) is 7.23. The lowest BCUT2D eigenvalue weighted by Gasteiger charge is -2.21. The third kappa shape index (κ3) is 3.60. The molecule has 0 N–H and O–H groups in total. The topological polar surface area (TPSA) is 59.5 Å². The summed E-state index contributed by atoms with van der Waals surface area (Å²) in [7, 11) is 1.32. The maximum Gasteiger partial charge on any atom is 0.325 e. The van der Waals surface area contributed by atoms with Crippen LogP contribution in [0.15, 0.2) is 54.0 Å². The Balaban J connectivity index is 1.87. The number of hydrogen-bond acceptors (Lipinski definition) is 5. The van der Waals surface area contributed by atoms with Crippen molar-refractivity contribution in [3.8, 4) is 0 Å². The van der Waals surface area contributed by atoms with E-state index >= 15 is 0 Å². The molecule has 6 heteroatoms. The average Bonchev–Trinajstić information content (AvgIpc) is 3.09. The number of carbonyl (C=O) groups excluding carboxylic acids is 2. The summed E-state index contributed by atoms with van der Waals surface area (Å²) in [6.45, 7) is 0.250. The summed E-state index contributed by atoms with van der Waals surface area (Å²) in [5.41, 5.74) is 4.09. The van der Waals surface area contributed by atoms with Crippen molar-refractivity contribution in [1.82, 2.24) is 9.88 Å². The minimum atomic E-state index is -0.446. The van der Waals surface area contributed by atoms with Gasteiger partial charge in [-0.2, -0.15) is 0 Å². The second-order valence-corrected chi connectivity index (χ2v) is 6.14. The third-order valence-electron chi connectivity index (χ3n) is 3.63. The van der Waals surface area contributed by atoms with Gasteiger partial charge in [-0.05, 0) is 23.8 Å². The first-order chi connectivity index (χ1) is 11.7. The molecule has 0 saturated heterocycles. The fourth-order valence-corrected chi connectivity index (χ4v) is 3.11. The molecule has 0 saturated carbocycles. The van der Waals surface area contributed by atoms with Crippen LogP contribution in [0.2, 0.25) is 0 Å². The number of thiazole rings is 1. The predicted molar refractivity (Wildman–Crippen MR) is 92.8 cm³/mol. The van der Waals surface area contributed by atoms with Crippen LogP contribution in [0.3, 0.4) is 0 Å². The maximum absolute atomic E-state index is 12.9.